The zero-order valence-electron chi connectivity index (χ0n) is 18.7. The monoisotopic (exact) mass is 506 g/mol. The van der Waals surface area contributed by atoms with Gasteiger partial charge in [0, 0.05) is 17.4 Å². The van der Waals surface area contributed by atoms with Gasteiger partial charge in [0.25, 0.3) is 5.82 Å². The van der Waals surface area contributed by atoms with E-state index in [2.05, 4.69) is 15.5 Å². The predicted octanol–water partition coefficient (Wildman–Crippen LogP) is 4.88. The number of aromatic nitrogens is 4. The van der Waals surface area contributed by atoms with Crippen molar-refractivity contribution in [1.29, 1.82) is 0 Å². The first-order valence-corrected chi connectivity index (χ1v) is 12.2. The van der Waals surface area contributed by atoms with E-state index < -0.39 is 17.6 Å². The van der Waals surface area contributed by atoms with E-state index in [-0.39, 0.29) is 36.6 Å². The minimum Gasteiger partial charge on any atom is -0.396 e. The maximum atomic E-state index is 13.6. The predicted molar refractivity (Wildman–Crippen MR) is 122 cm³/mol. The molecule has 35 heavy (non-hydrogen) atoms. The molecule has 5 rings (SSSR count). The van der Waals surface area contributed by atoms with Crippen molar-refractivity contribution >= 4 is 17.3 Å². The number of tetrazole rings is 1. The second kappa shape index (κ2) is 9.03. The fraction of sp³-hybridized carbons (Fsp3) is 0.375. The Balaban J connectivity index is 1.57. The molecule has 1 aliphatic carbocycles. The average molecular weight is 507 g/mol. The number of alkyl halides is 3. The lowest BCUT2D eigenvalue weighted by molar-refractivity contribution is -0.146. The number of halogens is 4. The van der Waals surface area contributed by atoms with Crippen LogP contribution in [0.15, 0.2) is 53.4 Å². The summed E-state index contributed by atoms with van der Waals surface area (Å²) in [4.78, 5) is 0.873. The van der Waals surface area contributed by atoms with Gasteiger partial charge in [-0.15, -0.1) is 16.9 Å². The van der Waals surface area contributed by atoms with Crippen LogP contribution in [0.4, 0.5) is 17.6 Å². The van der Waals surface area contributed by atoms with Crippen LogP contribution < -0.4 is 0 Å². The molecule has 2 aromatic carbocycles. The fourth-order valence-corrected chi connectivity index (χ4v) is 5.85. The molecule has 0 saturated heterocycles. The number of hydrogen-bond donors (Lipinski definition) is 1. The van der Waals surface area contributed by atoms with Crippen LogP contribution in [0.5, 0.6) is 0 Å². The Labute approximate surface area is 203 Å². The Morgan fingerprint density at radius 3 is 2.66 bits per heavy atom. The molecule has 184 valence electrons. The highest BCUT2D eigenvalue weighted by molar-refractivity contribution is 7.98. The maximum Gasteiger partial charge on any atom is 0.453 e. The smallest absolute Gasteiger partial charge is 0.396 e. The molecule has 0 radical (unpaired) electrons. The molecule has 1 aromatic heterocycles. The molecule has 0 amide bonds. The molecule has 2 heterocycles. The lowest BCUT2D eigenvalue weighted by Gasteiger charge is -2.32. The van der Waals surface area contributed by atoms with E-state index in [4.69, 9.17) is 4.74 Å². The molecular formula is C24H22F4N4O2S. The van der Waals surface area contributed by atoms with Crippen molar-refractivity contribution in [3.63, 3.8) is 0 Å². The summed E-state index contributed by atoms with van der Waals surface area (Å²) >= 11 is 1.47. The van der Waals surface area contributed by atoms with Gasteiger partial charge in [0.1, 0.15) is 5.82 Å². The number of ether oxygens (including phenoxy) is 1. The van der Waals surface area contributed by atoms with Crippen molar-refractivity contribution in [2.24, 2.45) is 5.92 Å². The van der Waals surface area contributed by atoms with Crippen LogP contribution in [0.25, 0.3) is 11.3 Å². The summed E-state index contributed by atoms with van der Waals surface area (Å²) in [5, 5.41) is 19.9. The molecule has 1 fully saturated rings. The van der Waals surface area contributed by atoms with Crippen LogP contribution in [0, 0.1) is 11.7 Å². The van der Waals surface area contributed by atoms with Crippen molar-refractivity contribution < 1.29 is 27.4 Å². The summed E-state index contributed by atoms with van der Waals surface area (Å²) in [5.41, 5.74) is 1.94. The van der Waals surface area contributed by atoms with E-state index in [0.717, 1.165) is 28.0 Å². The van der Waals surface area contributed by atoms with Crippen LogP contribution in [0.2, 0.25) is 0 Å². The van der Waals surface area contributed by atoms with Gasteiger partial charge in [-0.1, -0.05) is 12.1 Å². The van der Waals surface area contributed by atoms with Gasteiger partial charge in [-0.2, -0.15) is 17.9 Å². The molecule has 1 aliphatic heterocycles. The second-order valence-electron chi connectivity index (χ2n) is 8.72. The van der Waals surface area contributed by atoms with Crippen LogP contribution in [0.1, 0.15) is 35.7 Å². The summed E-state index contributed by atoms with van der Waals surface area (Å²) in [5.74, 6) is -1.78. The molecule has 1 N–H and O–H groups in total. The Hall–Kier alpha value is -2.76. The first kappa shape index (κ1) is 24.0. The lowest BCUT2D eigenvalue weighted by Crippen LogP contribution is -2.33. The molecule has 1 saturated carbocycles. The van der Waals surface area contributed by atoms with Gasteiger partial charge in [0.2, 0.25) is 0 Å². The standard InChI is InChI=1S/C24H22F4N4O2S/c1-35-20-7-6-18(32-22(24(26,27)28)29-30-31-32)10-19(20)16-11-23(34-13-16)9-8-15(12-33)21(23)14-2-4-17(25)5-3-14/h2-7,10-11,15,21,33H,8-9,12-13H2,1H3/t15-,21-,23-/m1/s1. The van der Waals surface area contributed by atoms with Gasteiger partial charge < -0.3 is 9.84 Å². The van der Waals surface area contributed by atoms with Gasteiger partial charge in [-0.25, -0.2) is 4.39 Å². The fourth-order valence-electron chi connectivity index (χ4n) is 5.24. The molecule has 3 aromatic rings. The molecule has 1 spiro atoms. The van der Waals surface area contributed by atoms with Crippen LogP contribution in [-0.4, -0.2) is 50.4 Å². The summed E-state index contributed by atoms with van der Waals surface area (Å²) < 4.78 is 60.7. The Morgan fingerprint density at radius 2 is 1.97 bits per heavy atom. The zero-order chi connectivity index (χ0) is 24.8. The van der Waals surface area contributed by atoms with Crippen molar-refractivity contribution in [3.8, 4) is 5.69 Å². The van der Waals surface area contributed by atoms with Crippen molar-refractivity contribution in [1.82, 2.24) is 20.2 Å². The van der Waals surface area contributed by atoms with Gasteiger partial charge in [-0.05, 0) is 88.5 Å². The number of nitrogens with zero attached hydrogens (tertiary/aromatic N) is 4. The third-order valence-electron chi connectivity index (χ3n) is 6.78. The molecule has 0 bridgehead atoms. The third kappa shape index (κ3) is 4.25. The highest BCUT2D eigenvalue weighted by Gasteiger charge is 2.51. The van der Waals surface area contributed by atoms with Crippen molar-refractivity contribution in [2.75, 3.05) is 19.5 Å². The Bertz CT molecular complexity index is 1260. The first-order valence-electron chi connectivity index (χ1n) is 11.0. The molecule has 0 unspecified atom stereocenters. The molecular weight excluding hydrogens is 484 g/mol. The summed E-state index contributed by atoms with van der Waals surface area (Å²) in [6.07, 6.45) is 0.620. The van der Waals surface area contributed by atoms with Gasteiger partial charge >= 0.3 is 6.18 Å². The largest absolute Gasteiger partial charge is 0.453 e. The normalized spacial score (nSPS) is 24.3. The third-order valence-corrected chi connectivity index (χ3v) is 7.57. The average Bonchev–Trinajstić information content (AvgIpc) is 3.58. The van der Waals surface area contributed by atoms with E-state index >= 15 is 0 Å². The number of aliphatic hydroxyl groups excluding tert-OH is 1. The van der Waals surface area contributed by atoms with Gasteiger partial charge in [0.15, 0.2) is 0 Å². The van der Waals surface area contributed by atoms with E-state index in [1.165, 1.54) is 23.9 Å². The molecule has 6 nitrogen and oxygen atoms in total. The van der Waals surface area contributed by atoms with E-state index in [1.54, 1.807) is 30.3 Å². The topological polar surface area (TPSA) is 73.1 Å². The first-order chi connectivity index (χ1) is 16.8. The van der Waals surface area contributed by atoms with Crippen molar-refractivity contribution in [2.45, 2.75) is 35.4 Å². The van der Waals surface area contributed by atoms with Crippen LogP contribution in [0.3, 0.4) is 0 Å². The summed E-state index contributed by atoms with van der Waals surface area (Å²) in [7, 11) is 0. The number of aliphatic hydroxyl groups is 1. The summed E-state index contributed by atoms with van der Waals surface area (Å²) in [6, 6.07) is 11.2. The van der Waals surface area contributed by atoms with E-state index in [0.29, 0.717) is 11.1 Å². The van der Waals surface area contributed by atoms with Crippen molar-refractivity contribution in [3.05, 3.63) is 71.3 Å². The molecule has 3 atom stereocenters. The van der Waals surface area contributed by atoms with E-state index in [1.807, 2.05) is 12.3 Å². The Morgan fingerprint density at radius 1 is 1.20 bits per heavy atom. The lowest BCUT2D eigenvalue weighted by atomic mass is 9.80. The highest BCUT2D eigenvalue weighted by atomic mass is 32.2. The number of thioether (sulfide) groups is 1. The quantitative estimate of drug-likeness (QED) is 0.393. The summed E-state index contributed by atoms with van der Waals surface area (Å²) in [6.45, 7) is 0.232. The second-order valence-corrected chi connectivity index (χ2v) is 9.57. The highest BCUT2D eigenvalue weighted by Crippen LogP contribution is 2.53. The van der Waals surface area contributed by atoms with Gasteiger partial charge in [-0.3, -0.25) is 0 Å². The zero-order valence-corrected chi connectivity index (χ0v) is 19.5. The molecule has 11 heteroatoms. The van der Waals surface area contributed by atoms with Gasteiger partial charge in [0.05, 0.1) is 17.9 Å². The number of rotatable bonds is 5. The van der Waals surface area contributed by atoms with Crippen LogP contribution in [-0.2, 0) is 10.9 Å². The minimum absolute atomic E-state index is 0.0264. The van der Waals surface area contributed by atoms with Crippen LogP contribution >= 0.6 is 11.8 Å². The number of hydrogen-bond acceptors (Lipinski definition) is 6. The number of benzene rings is 2. The SMILES string of the molecule is CSc1ccc(-n2nnnc2C(F)(F)F)cc1C1=C[C@@]2(CC[C@H](CO)[C@H]2c2ccc(F)cc2)OC1. The molecule has 2 aliphatic rings. The minimum atomic E-state index is -4.70. The maximum absolute atomic E-state index is 13.6. The van der Waals surface area contributed by atoms with E-state index in [9.17, 15) is 22.7 Å². The Kier molecular flexibility index (Phi) is 6.18.